The lowest BCUT2D eigenvalue weighted by Gasteiger charge is -2.40. The molecule has 26 heavy (non-hydrogen) atoms. The van der Waals surface area contributed by atoms with E-state index in [-0.39, 0.29) is 16.7 Å². The lowest BCUT2D eigenvalue weighted by molar-refractivity contribution is 0.191. The number of rotatable bonds is 4. The van der Waals surface area contributed by atoms with Crippen LogP contribution in [-0.2, 0) is 0 Å². The summed E-state index contributed by atoms with van der Waals surface area (Å²) >= 11 is 9.35. The molecule has 1 aromatic carbocycles. The number of fused-ring (bicyclic) bond motifs is 1. The average Bonchev–Trinajstić information content (AvgIpc) is 2.91. The van der Waals surface area contributed by atoms with E-state index in [0.29, 0.717) is 5.92 Å². The van der Waals surface area contributed by atoms with E-state index in [1.54, 1.807) is 12.1 Å². The van der Waals surface area contributed by atoms with Crippen LogP contribution < -0.4 is 5.32 Å². The van der Waals surface area contributed by atoms with E-state index in [1.807, 2.05) is 12.1 Å². The summed E-state index contributed by atoms with van der Waals surface area (Å²) in [6.45, 7) is 5.58. The van der Waals surface area contributed by atoms with Crippen LogP contribution in [0.25, 0.3) is 0 Å². The van der Waals surface area contributed by atoms with Crippen LogP contribution in [0.4, 0.5) is 4.39 Å². The Hall–Kier alpha value is -0.690. The molecule has 2 fully saturated rings. The van der Waals surface area contributed by atoms with Gasteiger partial charge in [-0.05, 0) is 67.8 Å². The first-order valence-corrected chi connectivity index (χ1v) is 10.5. The van der Waals surface area contributed by atoms with Gasteiger partial charge in [0.2, 0.25) is 0 Å². The first-order valence-electron chi connectivity index (χ1n) is 9.46. The Morgan fingerprint density at radius 2 is 1.92 bits per heavy atom. The topological polar surface area (TPSA) is 18.5 Å². The third-order valence-electron chi connectivity index (χ3n) is 6.55. The third-order valence-corrected chi connectivity index (χ3v) is 7.72. The predicted octanol–water partition coefficient (Wildman–Crippen LogP) is 3.53. The van der Waals surface area contributed by atoms with Crippen LogP contribution in [-0.4, -0.2) is 47.4 Å². The van der Waals surface area contributed by atoms with E-state index in [1.165, 1.54) is 29.8 Å². The van der Waals surface area contributed by atoms with E-state index >= 15 is 0 Å². The first kappa shape index (κ1) is 18.7. The molecule has 3 aliphatic rings. The number of benzene rings is 1. The monoisotopic (exact) mass is 393 g/mol. The van der Waals surface area contributed by atoms with Gasteiger partial charge in [0.15, 0.2) is 0 Å². The highest BCUT2D eigenvalue weighted by molar-refractivity contribution is 7.81. The molecule has 1 aromatic rings. The summed E-state index contributed by atoms with van der Waals surface area (Å²) in [5.41, 5.74) is 3.92. The van der Waals surface area contributed by atoms with Crippen molar-refractivity contribution in [3.63, 3.8) is 0 Å². The highest BCUT2D eigenvalue weighted by atomic mass is 32.1. The molecule has 0 spiro atoms. The highest BCUT2D eigenvalue weighted by Crippen LogP contribution is 2.51. The zero-order chi connectivity index (χ0) is 18.4. The van der Waals surface area contributed by atoms with E-state index in [0.717, 1.165) is 31.3 Å². The van der Waals surface area contributed by atoms with Crippen LogP contribution in [0, 0.1) is 17.7 Å². The van der Waals surface area contributed by atoms with Crippen molar-refractivity contribution in [2.75, 3.05) is 26.7 Å². The van der Waals surface area contributed by atoms with Gasteiger partial charge in [-0.15, -0.1) is 12.6 Å². The minimum absolute atomic E-state index is 0.0281. The van der Waals surface area contributed by atoms with E-state index in [2.05, 4.69) is 41.7 Å². The molecule has 5 unspecified atom stereocenters. The van der Waals surface area contributed by atoms with E-state index in [4.69, 9.17) is 12.6 Å². The molecular weight excluding hydrogens is 365 g/mol. The Balaban J connectivity index is 1.34. The van der Waals surface area contributed by atoms with Gasteiger partial charge in [0.25, 0.3) is 0 Å². The summed E-state index contributed by atoms with van der Waals surface area (Å²) in [6.07, 6.45) is 2.29. The van der Waals surface area contributed by atoms with Gasteiger partial charge in [0.05, 0.1) is 5.37 Å². The van der Waals surface area contributed by atoms with Crippen molar-refractivity contribution in [3.05, 3.63) is 46.9 Å². The summed E-state index contributed by atoms with van der Waals surface area (Å²) < 4.78 is 13.2. The van der Waals surface area contributed by atoms with Crippen molar-refractivity contribution < 1.29 is 4.39 Å². The minimum atomic E-state index is -0.142. The van der Waals surface area contributed by atoms with Crippen molar-refractivity contribution in [1.82, 2.24) is 15.1 Å². The molecule has 1 N–H and O–H groups in total. The Kier molecular flexibility index (Phi) is 5.30. The Labute approximate surface area is 166 Å². The van der Waals surface area contributed by atoms with Crippen molar-refractivity contribution in [2.24, 2.45) is 11.8 Å². The highest BCUT2D eigenvalue weighted by Gasteiger charge is 2.47. The largest absolute Gasteiger partial charge is 0.365 e. The molecule has 1 saturated heterocycles. The molecule has 6 heteroatoms. The zero-order valence-electron chi connectivity index (χ0n) is 15.4. The second kappa shape index (κ2) is 7.38. The fraction of sp³-hybridized carbons (Fsp3) is 0.600. The fourth-order valence-electron chi connectivity index (χ4n) is 4.83. The van der Waals surface area contributed by atoms with Gasteiger partial charge < -0.3 is 10.2 Å². The molecule has 0 aromatic heterocycles. The molecular formula is C20H28FN3S2. The van der Waals surface area contributed by atoms with Gasteiger partial charge in [-0.2, -0.15) is 12.6 Å². The van der Waals surface area contributed by atoms with E-state index in [9.17, 15) is 4.39 Å². The number of nitrogens with zero attached hydrogens (tertiary/aromatic N) is 2. The molecule has 2 heterocycles. The number of thiol groups is 2. The standard InChI is InChI=1S/C20H28FN3S2/c1-12-16(19(25)23(2)20(26)22-12)7-8-24-10-14-9-17(18(14)11-24)13-3-5-15(21)6-4-13/h3-6,14,17-20,22,25-26H,7-11H2,1-2H3. The number of likely N-dealkylation sites (tertiary alicyclic amines) is 1. The minimum Gasteiger partial charge on any atom is -0.365 e. The molecule has 2 aliphatic heterocycles. The van der Waals surface area contributed by atoms with Crippen molar-refractivity contribution in [2.45, 2.75) is 36.6 Å². The maximum Gasteiger partial charge on any atom is 0.126 e. The van der Waals surface area contributed by atoms with Crippen molar-refractivity contribution >= 4 is 25.3 Å². The number of allylic oxidation sites excluding steroid dienone is 1. The molecule has 1 saturated carbocycles. The Morgan fingerprint density at radius 1 is 1.19 bits per heavy atom. The lowest BCUT2D eigenvalue weighted by atomic mass is 9.64. The van der Waals surface area contributed by atoms with Gasteiger partial charge in [0.1, 0.15) is 11.3 Å². The quantitative estimate of drug-likeness (QED) is 0.680. The van der Waals surface area contributed by atoms with Gasteiger partial charge >= 0.3 is 0 Å². The SMILES string of the molecule is CC1=C(CCN2CC3CC(c4ccc(F)cc4)C3C2)C(S)N(C)C(S)N1. The zero-order valence-corrected chi connectivity index (χ0v) is 17.2. The van der Waals surface area contributed by atoms with Crippen LogP contribution in [0.1, 0.15) is 31.2 Å². The molecule has 0 bridgehead atoms. The molecule has 3 nitrogen and oxygen atoms in total. The Morgan fingerprint density at radius 3 is 2.65 bits per heavy atom. The van der Waals surface area contributed by atoms with Gasteiger partial charge in [-0.1, -0.05) is 12.1 Å². The normalized spacial score (nSPS) is 35.2. The fourth-order valence-corrected chi connectivity index (χ4v) is 5.72. The molecule has 5 atom stereocenters. The second-order valence-electron chi connectivity index (χ2n) is 8.03. The smallest absolute Gasteiger partial charge is 0.126 e. The maximum absolute atomic E-state index is 13.2. The Bertz CT molecular complexity index is 693. The van der Waals surface area contributed by atoms with Crippen LogP contribution in [0.5, 0.6) is 0 Å². The van der Waals surface area contributed by atoms with Gasteiger partial charge in [0, 0.05) is 25.3 Å². The summed E-state index contributed by atoms with van der Waals surface area (Å²) in [4.78, 5) is 4.75. The molecule has 0 amide bonds. The molecule has 142 valence electrons. The molecule has 0 radical (unpaired) electrons. The summed E-state index contributed by atoms with van der Waals surface area (Å²) in [5, 5.41) is 3.55. The van der Waals surface area contributed by atoms with Gasteiger partial charge in [-0.25, -0.2) is 4.39 Å². The van der Waals surface area contributed by atoms with E-state index < -0.39 is 0 Å². The molecule has 4 rings (SSSR count). The summed E-state index contributed by atoms with van der Waals surface area (Å²) in [7, 11) is 2.05. The summed E-state index contributed by atoms with van der Waals surface area (Å²) in [5.74, 6) is 2.01. The van der Waals surface area contributed by atoms with Crippen LogP contribution >= 0.6 is 25.3 Å². The van der Waals surface area contributed by atoms with Crippen molar-refractivity contribution in [1.29, 1.82) is 0 Å². The first-order chi connectivity index (χ1) is 12.4. The van der Waals surface area contributed by atoms with Crippen molar-refractivity contribution in [3.8, 4) is 0 Å². The van der Waals surface area contributed by atoms with Crippen LogP contribution in [0.2, 0.25) is 0 Å². The maximum atomic E-state index is 13.2. The number of likely N-dealkylation sites (N-methyl/N-ethyl adjacent to an activating group) is 1. The lowest BCUT2D eigenvalue weighted by Crippen LogP contribution is -2.48. The second-order valence-corrected chi connectivity index (χ2v) is 9.01. The number of nitrogens with one attached hydrogen (secondary N) is 1. The number of hydrogen-bond donors (Lipinski definition) is 3. The van der Waals surface area contributed by atoms with Crippen LogP contribution in [0.3, 0.4) is 0 Å². The number of hydrogen-bond acceptors (Lipinski definition) is 5. The van der Waals surface area contributed by atoms with Crippen LogP contribution in [0.15, 0.2) is 35.5 Å². The average molecular weight is 394 g/mol. The summed E-state index contributed by atoms with van der Waals surface area (Å²) in [6, 6.07) is 7.13. The predicted molar refractivity (Wildman–Crippen MR) is 111 cm³/mol. The third kappa shape index (κ3) is 3.41. The number of halogens is 1. The molecule has 1 aliphatic carbocycles. The van der Waals surface area contributed by atoms with Gasteiger partial charge in [-0.3, -0.25) is 4.90 Å².